The van der Waals surface area contributed by atoms with Gasteiger partial charge in [0.05, 0.1) is 0 Å². The lowest BCUT2D eigenvalue weighted by atomic mass is 10.2. The van der Waals surface area contributed by atoms with E-state index in [0.29, 0.717) is 31.9 Å². The summed E-state index contributed by atoms with van der Waals surface area (Å²) in [5.41, 5.74) is 6.08. The first-order valence-corrected chi connectivity index (χ1v) is 7.63. The molecule has 0 unspecified atom stereocenters. The Bertz CT molecular complexity index is 717. The zero-order chi connectivity index (χ0) is 16.2. The summed E-state index contributed by atoms with van der Waals surface area (Å²) in [7, 11) is 0. The van der Waals surface area contributed by atoms with Crippen molar-refractivity contribution in [3.8, 4) is 0 Å². The molecule has 0 saturated carbocycles. The number of urea groups is 1. The molecule has 120 valence electrons. The lowest BCUT2D eigenvalue weighted by Gasteiger charge is -2.19. The molecule has 3 amide bonds. The molecule has 0 radical (unpaired) electrons. The normalized spacial score (nSPS) is 16.0. The number of hydrogen-bond acceptors (Lipinski definition) is 3. The fourth-order valence-corrected chi connectivity index (χ4v) is 2.70. The van der Waals surface area contributed by atoms with Crippen molar-refractivity contribution in [2.24, 2.45) is 5.73 Å². The van der Waals surface area contributed by atoms with Crippen molar-refractivity contribution in [2.75, 3.05) is 26.2 Å². The Kier molecular flexibility index (Phi) is 4.32. The van der Waals surface area contributed by atoms with Crippen molar-refractivity contribution >= 4 is 29.0 Å². The molecule has 1 aliphatic heterocycles. The predicted octanol–water partition coefficient (Wildman–Crippen LogP) is 2.06. The molecule has 2 aromatic rings. The maximum atomic E-state index is 12.3. The number of nitrogens with two attached hydrogens (primary N) is 1. The highest BCUT2D eigenvalue weighted by molar-refractivity contribution is 5.92. The first-order chi connectivity index (χ1) is 11.1. The van der Waals surface area contributed by atoms with Crippen LogP contribution in [-0.2, 0) is 4.79 Å². The fourth-order valence-electron chi connectivity index (χ4n) is 2.70. The van der Waals surface area contributed by atoms with Gasteiger partial charge in [-0.3, -0.25) is 4.79 Å². The van der Waals surface area contributed by atoms with Gasteiger partial charge < -0.3 is 20.0 Å². The number of benzene rings is 1. The third kappa shape index (κ3) is 3.53. The zero-order valence-electron chi connectivity index (χ0n) is 12.8. The molecule has 0 atom stereocenters. The molecule has 6 heteroatoms. The second kappa shape index (κ2) is 6.56. The van der Waals surface area contributed by atoms with Crippen molar-refractivity contribution in [3.05, 3.63) is 42.2 Å². The number of primary amides is 1. The van der Waals surface area contributed by atoms with Gasteiger partial charge in [-0.2, -0.15) is 0 Å². The van der Waals surface area contributed by atoms with Gasteiger partial charge in [-0.1, -0.05) is 18.2 Å². The van der Waals surface area contributed by atoms with Gasteiger partial charge in [-0.05, 0) is 24.6 Å². The van der Waals surface area contributed by atoms with Gasteiger partial charge in [0.1, 0.15) is 11.3 Å². The van der Waals surface area contributed by atoms with Crippen LogP contribution in [0.3, 0.4) is 0 Å². The topological polar surface area (TPSA) is 79.8 Å². The molecule has 6 nitrogen and oxygen atoms in total. The van der Waals surface area contributed by atoms with Crippen LogP contribution in [0.2, 0.25) is 0 Å². The molecule has 2 N–H and O–H groups in total. The summed E-state index contributed by atoms with van der Waals surface area (Å²) >= 11 is 0. The minimum atomic E-state index is -0.433. The maximum absolute atomic E-state index is 12.3. The van der Waals surface area contributed by atoms with Gasteiger partial charge in [-0.15, -0.1) is 0 Å². The summed E-state index contributed by atoms with van der Waals surface area (Å²) in [6, 6.07) is 9.17. The molecule has 1 aromatic heterocycles. The highest BCUT2D eigenvalue weighted by Gasteiger charge is 2.19. The standard InChI is InChI=1S/C17H19N3O3/c18-17(22)20-9-3-8-19(10-11-20)16(21)7-6-14-12-13-4-1-2-5-15(13)23-14/h1-2,4-7,12H,3,8-11H2,(H2,18,22). The number of rotatable bonds is 2. The minimum Gasteiger partial charge on any atom is -0.457 e. The Labute approximate surface area is 134 Å². The van der Waals surface area contributed by atoms with Crippen molar-refractivity contribution in [3.63, 3.8) is 0 Å². The average Bonchev–Trinajstić information content (AvgIpc) is 2.79. The number of fused-ring (bicyclic) bond motifs is 1. The van der Waals surface area contributed by atoms with Crippen LogP contribution in [0.1, 0.15) is 12.2 Å². The van der Waals surface area contributed by atoms with Crippen molar-refractivity contribution in [1.29, 1.82) is 0 Å². The lowest BCUT2D eigenvalue weighted by molar-refractivity contribution is -0.125. The molecule has 1 fully saturated rings. The van der Waals surface area contributed by atoms with Gasteiger partial charge in [0.2, 0.25) is 5.91 Å². The summed E-state index contributed by atoms with van der Waals surface area (Å²) < 4.78 is 5.65. The molecule has 1 aromatic carbocycles. The molecule has 0 spiro atoms. The van der Waals surface area contributed by atoms with E-state index in [4.69, 9.17) is 10.2 Å². The molecule has 1 aliphatic rings. The van der Waals surface area contributed by atoms with E-state index >= 15 is 0 Å². The van der Waals surface area contributed by atoms with Crippen LogP contribution in [0, 0.1) is 0 Å². The van der Waals surface area contributed by atoms with Crippen LogP contribution in [-0.4, -0.2) is 47.9 Å². The largest absolute Gasteiger partial charge is 0.457 e. The first-order valence-electron chi connectivity index (χ1n) is 7.63. The second-order valence-electron chi connectivity index (χ2n) is 5.52. The SMILES string of the molecule is NC(=O)N1CCCN(C(=O)C=Cc2cc3ccccc3o2)CC1. The number of para-hydroxylation sites is 1. The molecule has 0 aliphatic carbocycles. The van der Waals surface area contributed by atoms with E-state index in [9.17, 15) is 9.59 Å². The zero-order valence-corrected chi connectivity index (χ0v) is 12.8. The smallest absolute Gasteiger partial charge is 0.314 e. The third-order valence-corrected chi connectivity index (χ3v) is 3.95. The number of furan rings is 1. The van der Waals surface area contributed by atoms with Crippen LogP contribution in [0.4, 0.5) is 4.79 Å². The Morgan fingerprint density at radius 2 is 1.83 bits per heavy atom. The molecule has 3 rings (SSSR count). The van der Waals surface area contributed by atoms with Gasteiger partial charge >= 0.3 is 6.03 Å². The number of hydrogen-bond donors (Lipinski definition) is 1. The van der Waals surface area contributed by atoms with Crippen molar-refractivity contribution < 1.29 is 14.0 Å². The van der Waals surface area contributed by atoms with Crippen LogP contribution < -0.4 is 5.73 Å². The molecule has 0 bridgehead atoms. The second-order valence-corrected chi connectivity index (χ2v) is 5.52. The van der Waals surface area contributed by atoms with E-state index in [1.54, 1.807) is 15.9 Å². The fraction of sp³-hybridized carbons (Fsp3) is 0.294. The average molecular weight is 313 g/mol. The summed E-state index contributed by atoms with van der Waals surface area (Å²) in [6.45, 7) is 2.17. The molecule has 2 heterocycles. The van der Waals surface area contributed by atoms with E-state index in [1.165, 1.54) is 6.08 Å². The van der Waals surface area contributed by atoms with Crippen LogP contribution in [0.5, 0.6) is 0 Å². The lowest BCUT2D eigenvalue weighted by Crippen LogP contribution is -2.39. The van der Waals surface area contributed by atoms with E-state index in [0.717, 1.165) is 17.4 Å². The monoisotopic (exact) mass is 313 g/mol. The molecule has 23 heavy (non-hydrogen) atoms. The summed E-state index contributed by atoms with van der Waals surface area (Å²) in [5.74, 6) is 0.560. The van der Waals surface area contributed by atoms with E-state index in [1.807, 2.05) is 30.3 Å². The van der Waals surface area contributed by atoms with Crippen LogP contribution in [0.15, 0.2) is 40.8 Å². The highest BCUT2D eigenvalue weighted by Crippen LogP contribution is 2.19. The number of carbonyl (C=O) groups excluding carboxylic acids is 2. The Hall–Kier alpha value is -2.76. The summed E-state index contributed by atoms with van der Waals surface area (Å²) in [6.07, 6.45) is 3.92. The number of carbonyl (C=O) groups is 2. The van der Waals surface area contributed by atoms with Crippen LogP contribution >= 0.6 is 0 Å². The van der Waals surface area contributed by atoms with E-state index in [2.05, 4.69) is 0 Å². The van der Waals surface area contributed by atoms with Gasteiger partial charge in [-0.25, -0.2) is 4.79 Å². The highest BCUT2D eigenvalue weighted by atomic mass is 16.3. The molecular weight excluding hydrogens is 294 g/mol. The van der Waals surface area contributed by atoms with Gasteiger partial charge in [0, 0.05) is 37.6 Å². The quantitative estimate of drug-likeness (QED) is 0.862. The minimum absolute atomic E-state index is 0.0863. The Balaban J connectivity index is 1.65. The third-order valence-electron chi connectivity index (χ3n) is 3.95. The van der Waals surface area contributed by atoms with Crippen LogP contribution in [0.25, 0.3) is 17.0 Å². The maximum Gasteiger partial charge on any atom is 0.314 e. The van der Waals surface area contributed by atoms with Crippen molar-refractivity contribution in [2.45, 2.75) is 6.42 Å². The van der Waals surface area contributed by atoms with Gasteiger partial charge in [0.15, 0.2) is 0 Å². The van der Waals surface area contributed by atoms with E-state index < -0.39 is 6.03 Å². The molecular formula is C17H19N3O3. The first kappa shape index (κ1) is 15.1. The van der Waals surface area contributed by atoms with E-state index in [-0.39, 0.29) is 5.91 Å². The summed E-state index contributed by atoms with van der Waals surface area (Å²) in [5, 5.41) is 1.01. The summed E-state index contributed by atoms with van der Waals surface area (Å²) in [4.78, 5) is 26.8. The number of nitrogens with zero attached hydrogens (tertiary/aromatic N) is 2. The molecule has 1 saturated heterocycles. The predicted molar refractivity (Wildman–Crippen MR) is 87.6 cm³/mol. The number of amides is 3. The van der Waals surface area contributed by atoms with Gasteiger partial charge in [0.25, 0.3) is 0 Å². The Morgan fingerprint density at radius 3 is 2.61 bits per heavy atom. The van der Waals surface area contributed by atoms with Crippen molar-refractivity contribution in [1.82, 2.24) is 9.80 Å². The Morgan fingerprint density at radius 1 is 1.09 bits per heavy atom.